The van der Waals surface area contributed by atoms with Crippen molar-refractivity contribution in [2.45, 2.75) is 32.1 Å². The molecule has 2 aromatic rings. The fourth-order valence-electron chi connectivity index (χ4n) is 4.28. The number of hydrogen-bond donors (Lipinski definition) is 1. The molecule has 0 aliphatic heterocycles. The SMILES string of the molecule is O=C(COC(=O)c1ccc2c(c1[N+](=O)[O-])C(=O)c1ccccc1C2=O)NCCC1=CCCCC1. The predicted octanol–water partition coefficient (Wildman–Crippen LogP) is 3.53. The van der Waals surface area contributed by atoms with Gasteiger partial charge in [0.15, 0.2) is 12.4 Å². The molecule has 0 heterocycles. The minimum Gasteiger partial charge on any atom is -0.452 e. The maximum Gasteiger partial charge on any atom is 0.345 e. The lowest BCUT2D eigenvalue weighted by molar-refractivity contribution is -0.385. The van der Waals surface area contributed by atoms with Crippen LogP contribution in [0.15, 0.2) is 48.0 Å². The van der Waals surface area contributed by atoms with Crippen molar-refractivity contribution in [3.63, 3.8) is 0 Å². The van der Waals surface area contributed by atoms with Gasteiger partial charge in [-0.25, -0.2) is 4.79 Å². The second-order valence-electron chi connectivity index (χ2n) is 8.13. The maximum atomic E-state index is 13.0. The fraction of sp³-hybridized carbons (Fsp3) is 0.280. The van der Waals surface area contributed by atoms with Crippen LogP contribution < -0.4 is 5.32 Å². The summed E-state index contributed by atoms with van der Waals surface area (Å²) < 4.78 is 4.98. The molecule has 0 saturated heterocycles. The van der Waals surface area contributed by atoms with E-state index in [1.807, 2.05) is 0 Å². The van der Waals surface area contributed by atoms with Gasteiger partial charge < -0.3 is 10.1 Å². The lowest BCUT2D eigenvalue weighted by Crippen LogP contribution is -2.30. The number of esters is 1. The highest BCUT2D eigenvalue weighted by molar-refractivity contribution is 6.30. The molecule has 9 nitrogen and oxygen atoms in total. The lowest BCUT2D eigenvalue weighted by Gasteiger charge is -2.18. The summed E-state index contributed by atoms with van der Waals surface area (Å²) in [5.41, 5.74) is -0.445. The Hall–Kier alpha value is -4.14. The zero-order valence-corrected chi connectivity index (χ0v) is 18.3. The van der Waals surface area contributed by atoms with Crippen LogP contribution >= 0.6 is 0 Å². The van der Waals surface area contributed by atoms with E-state index < -0.39 is 51.8 Å². The van der Waals surface area contributed by atoms with E-state index in [1.54, 1.807) is 12.1 Å². The fourth-order valence-corrected chi connectivity index (χ4v) is 4.28. The maximum absolute atomic E-state index is 13.0. The van der Waals surface area contributed by atoms with Gasteiger partial charge in [0.25, 0.3) is 11.6 Å². The molecule has 0 spiro atoms. The molecule has 0 aromatic heterocycles. The first kappa shape index (κ1) is 23.0. The normalized spacial score (nSPS) is 14.5. The number of nitrogens with zero attached hydrogens (tertiary/aromatic N) is 1. The number of rotatable bonds is 7. The number of fused-ring (bicyclic) bond motifs is 2. The van der Waals surface area contributed by atoms with E-state index in [1.165, 1.54) is 30.2 Å². The molecule has 2 aliphatic carbocycles. The van der Waals surface area contributed by atoms with Crippen molar-refractivity contribution in [1.29, 1.82) is 0 Å². The number of carbonyl (C=O) groups excluding carboxylic acids is 4. The van der Waals surface area contributed by atoms with Gasteiger partial charge in [0, 0.05) is 23.2 Å². The molecule has 0 saturated carbocycles. The lowest BCUT2D eigenvalue weighted by atomic mass is 9.82. The van der Waals surface area contributed by atoms with Gasteiger partial charge in [0.1, 0.15) is 11.1 Å². The molecule has 1 N–H and O–H groups in total. The standard InChI is InChI=1S/C25H22N2O7/c28-20(26-13-12-15-6-2-1-3-7-15)14-34-25(31)19-11-10-18-21(22(19)27(32)33)24(30)17-9-5-4-8-16(17)23(18)29/h4-6,8-11H,1-3,7,12-14H2,(H,26,28). The number of ketones is 2. The zero-order chi connectivity index (χ0) is 24.2. The van der Waals surface area contributed by atoms with E-state index in [4.69, 9.17) is 4.74 Å². The number of allylic oxidation sites excluding steroid dienone is 1. The second-order valence-corrected chi connectivity index (χ2v) is 8.13. The van der Waals surface area contributed by atoms with E-state index in [0.29, 0.717) is 13.0 Å². The van der Waals surface area contributed by atoms with E-state index in [9.17, 15) is 29.3 Å². The molecule has 2 aromatic carbocycles. The first-order valence-electron chi connectivity index (χ1n) is 11.0. The van der Waals surface area contributed by atoms with Gasteiger partial charge in [0.05, 0.1) is 4.92 Å². The second kappa shape index (κ2) is 9.78. The number of benzene rings is 2. The third-order valence-electron chi connectivity index (χ3n) is 5.96. The van der Waals surface area contributed by atoms with E-state index in [0.717, 1.165) is 25.3 Å². The summed E-state index contributed by atoms with van der Waals surface area (Å²) in [6.45, 7) is -0.223. The van der Waals surface area contributed by atoms with Crippen LogP contribution in [0.3, 0.4) is 0 Å². The topological polar surface area (TPSA) is 133 Å². The molecule has 0 atom stereocenters. The van der Waals surface area contributed by atoms with Crippen molar-refractivity contribution in [3.05, 3.63) is 86.0 Å². The highest BCUT2D eigenvalue weighted by Crippen LogP contribution is 2.35. The third-order valence-corrected chi connectivity index (χ3v) is 5.96. The van der Waals surface area contributed by atoms with Crippen LogP contribution in [0.5, 0.6) is 0 Å². The third kappa shape index (κ3) is 4.50. The summed E-state index contributed by atoms with van der Waals surface area (Å²) in [6, 6.07) is 8.28. The minimum absolute atomic E-state index is 0.0288. The number of amides is 1. The number of ether oxygens (including phenoxy) is 1. The van der Waals surface area contributed by atoms with Crippen molar-refractivity contribution in [1.82, 2.24) is 5.32 Å². The van der Waals surface area contributed by atoms with E-state index >= 15 is 0 Å². The van der Waals surface area contributed by atoms with Crippen LogP contribution in [-0.2, 0) is 9.53 Å². The summed E-state index contributed by atoms with van der Waals surface area (Å²) in [6.07, 6.45) is 7.26. The average Bonchev–Trinajstić information content (AvgIpc) is 2.85. The summed E-state index contributed by atoms with van der Waals surface area (Å²) in [7, 11) is 0. The van der Waals surface area contributed by atoms with Crippen LogP contribution in [0.2, 0.25) is 0 Å². The van der Waals surface area contributed by atoms with Gasteiger partial charge in [-0.15, -0.1) is 0 Å². The zero-order valence-electron chi connectivity index (χ0n) is 18.3. The highest BCUT2D eigenvalue weighted by Gasteiger charge is 2.39. The van der Waals surface area contributed by atoms with Crippen molar-refractivity contribution in [3.8, 4) is 0 Å². The monoisotopic (exact) mass is 462 g/mol. The van der Waals surface area contributed by atoms with Crippen LogP contribution in [0.25, 0.3) is 0 Å². The highest BCUT2D eigenvalue weighted by atomic mass is 16.6. The van der Waals surface area contributed by atoms with Crippen molar-refractivity contribution in [2.24, 2.45) is 0 Å². The minimum atomic E-state index is -1.13. The Morgan fingerprint density at radius 3 is 2.41 bits per heavy atom. The molecule has 0 radical (unpaired) electrons. The molecular weight excluding hydrogens is 440 g/mol. The molecule has 2 aliphatic rings. The first-order valence-corrected chi connectivity index (χ1v) is 11.0. The Balaban J connectivity index is 1.49. The number of nitro groups is 1. The van der Waals surface area contributed by atoms with Crippen LogP contribution in [-0.4, -0.2) is 41.5 Å². The van der Waals surface area contributed by atoms with Gasteiger partial charge in [-0.05, 0) is 44.2 Å². The Labute approximate surface area is 194 Å². The Bertz CT molecular complexity index is 1250. The molecule has 174 valence electrons. The Morgan fingerprint density at radius 1 is 1.00 bits per heavy atom. The summed E-state index contributed by atoms with van der Waals surface area (Å²) in [5.74, 6) is -2.92. The molecule has 4 rings (SSSR count). The number of nitrogens with one attached hydrogen (secondary N) is 1. The first-order chi connectivity index (χ1) is 16.4. The molecule has 0 fully saturated rings. The number of hydrogen-bond acceptors (Lipinski definition) is 7. The molecule has 9 heteroatoms. The molecule has 0 unspecified atom stereocenters. The van der Waals surface area contributed by atoms with Gasteiger partial charge in [0.2, 0.25) is 5.78 Å². The largest absolute Gasteiger partial charge is 0.452 e. The average molecular weight is 462 g/mol. The summed E-state index contributed by atoms with van der Waals surface area (Å²) in [5, 5.41) is 14.5. The predicted molar refractivity (Wildman–Crippen MR) is 121 cm³/mol. The molecular formula is C25H22N2O7. The van der Waals surface area contributed by atoms with Gasteiger partial charge in [-0.3, -0.25) is 24.5 Å². The van der Waals surface area contributed by atoms with Crippen molar-refractivity contribution >= 4 is 29.1 Å². The molecule has 34 heavy (non-hydrogen) atoms. The van der Waals surface area contributed by atoms with Gasteiger partial charge in [-0.2, -0.15) is 0 Å². The quantitative estimate of drug-likeness (QED) is 0.246. The Kier molecular flexibility index (Phi) is 6.62. The van der Waals surface area contributed by atoms with Crippen molar-refractivity contribution in [2.75, 3.05) is 13.2 Å². The molecule has 0 bridgehead atoms. The van der Waals surface area contributed by atoms with Crippen LogP contribution in [0.4, 0.5) is 5.69 Å². The van der Waals surface area contributed by atoms with E-state index in [2.05, 4.69) is 11.4 Å². The van der Waals surface area contributed by atoms with Gasteiger partial charge >= 0.3 is 5.97 Å². The van der Waals surface area contributed by atoms with Crippen molar-refractivity contribution < 1.29 is 28.8 Å². The van der Waals surface area contributed by atoms with Crippen LogP contribution in [0, 0.1) is 10.1 Å². The summed E-state index contributed by atoms with van der Waals surface area (Å²) >= 11 is 0. The number of carbonyl (C=O) groups is 4. The molecule has 1 amide bonds. The number of nitro benzene ring substituents is 1. The summed E-state index contributed by atoms with van der Waals surface area (Å²) in [4.78, 5) is 61.4. The van der Waals surface area contributed by atoms with Gasteiger partial charge in [-0.1, -0.05) is 35.9 Å². The van der Waals surface area contributed by atoms with Crippen LogP contribution in [0.1, 0.15) is 74.3 Å². The van der Waals surface area contributed by atoms with E-state index in [-0.39, 0.29) is 16.7 Å². The Morgan fingerprint density at radius 2 is 1.74 bits per heavy atom. The smallest absolute Gasteiger partial charge is 0.345 e.